The predicted molar refractivity (Wildman–Crippen MR) is 80.8 cm³/mol. The molecule has 0 fully saturated rings. The van der Waals surface area contributed by atoms with Gasteiger partial charge in [0.05, 0.1) is 6.04 Å². The number of aromatic nitrogens is 1. The number of hydrogen-bond donors (Lipinski definition) is 1. The maximum Gasteiger partial charge on any atom is 0.243 e. The maximum absolute atomic E-state index is 12.2. The summed E-state index contributed by atoms with van der Waals surface area (Å²) in [5.74, 6) is 0.0133. The molecule has 0 radical (unpaired) electrons. The lowest BCUT2D eigenvalue weighted by Gasteiger charge is -2.32. The van der Waals surface area contributed by atoms with Gasteiger partial charge < -0.3 is 5.32 Å². The molecule has 20 heavy (non-hydrogen) atoms. The van der Waals surface area contributed by atoms with Crippen molar-refractivity contribution in [3.05, 3.63) is 47.0 Å². The van der Waals surface area contributed by atoms with Crippen LogP contribution in [0.5, 0.6) is 0 Å². The van der Waals surface area contributed by atoms with Gasteiger partial charge in [-0.1, -0.05) is 24.3 Å². The molecule has 4 nitrogen and oxygen atoms in total. The van der Waals surface area contributed by atoms with Gasteiger partial charge in [0.25, 0.3) is 0 Å². The number of rotatable bonds is 3. The van der Waals surface area contributed by atoms with E-state index in [1.807, 2.05) is 12.3 Å². The fraction of sp³-hybridized carbons (Fsp3) is 0.333. The third-order valence-electron chi connectivity index (χ3n) is 3.75. The number of fused-ring (bicyclic) bond motifs is 1. The molecule has 2 heterocycles. The van der Waals surface area contributed by atoms with Crippen LogP contribution in [-0.2, 0) is 17.8 Å². The highest BCUT2D eigenvalue weighted by atomic mass is 32.1. The number of anilines is 1. The third kappa shape index (κ3) is 2.73. The molecule has 1 aromatic heterocycles. The van der Waals surface area contributed by atoms with Crippen LogP contribution in [0.1, 0.15) is 18.1 Å². The molecule has 2 aromatic rings. The second kappa shape index (κ2) is 5.73. The van der Waals surface area contributed by atoms with Crippen LogP contribution in [0.4, 0.5) is 5.13 Å². The Bertz CT molecular complexity index is 597. The minimum Gasteiger partial charge on any atom is -0.301 e. The number of benzene rings is 1. The zero-order valence-electron chi connectivity index (χ0n) is 11.4. The van der Waals surface area contributed by atoms with Crippen molar-refractivity contribution in [2.75, 3.05) is 11.9 Å². The minimum absolute atomic E-state index is 0.0133. The molecule has 1 aliphatic heterocycles. The van der Waals surface area contributed by atoms with Crippen molar-refractivity contribution in [2.24, 2.45) is 0 Å². The van der Waals surface area contributed by atoms with Gasteiger partial charge in [0.2, 0.25) is 5.91 Å². The van der Waals surface area contributed by atoms with E-state index in [9.17, 15) is 4.79 Å². The van der Waals surface area contributed by atoms with E-state index in [4.69, 9.17) is 0 Å². The lowest BCUT2D eigenvalue weighted by Crippen LogP contribution is -2.44. The highest BCUT2D eigenvalue weighted by molar-refractivity contribution is 7.13. The standard InChI is InChI=1S/C15H17N3OS/c1-11(14(19)17-15-16-7-9-20-15)18-8-6-12-4-2-3-5-13(12)10-18/h2-5,7,9,11H,6,8,10H2,1H3,(H,16,17,19)/t11-/m1/s1. The van der Waals surface area contributed by atoms with E-state index < -0.39 is 0 Å². The number of hydrogen-bond acceptors (Lipinski definition) is 4. The second-order valence-corrected chi connectivity index (χ2v) is 5.89. The number of nitrogens with one attached hydrogen (secondary N) is 1. The van der Waals surface area contributed by atoms with Crippen molar-refractivity contribution in [2.45, 2.75) is 25.9 Å². The summed E-state index contributed by atoms with van der Waals surface area (Å²) in [6.45, 7) is 3.71. The Morgan fingerprint density at radius 1 is 1.40 bits per heavy atom. The van der Waals surface area contributed by atoms with Crippen LogP contribution >= 0.6 is 11.3 Å². The summed E-state index contributed by atoms with van der Waals surface area (Å²) in [5.41, 5.74) is 2.73. The fourth-order valence-electron chi connectivity index (χ4n) is 2.51. The van der Waals surface area contributed by atoms with Crippen LogP contribution < -0.4 is 5.32 Å². The van der Waals surface area contributed by atoms with Gasteiger partial charge in [-0.2, -0.15) is 0 Å². The van der Waals surface area contributed by atoms with Gasteiger partial charge in [-0.25, -0.2) is 4.98 Å². The first-order chi connectivity index (χ1) is 9.74. The Balaban J connectivity index is 1.66. The van der Waals surface area contributed by atoms with Gasteiger partial charge in [-0.05, 0) is 24.5 Å². The van der Waals surface area contributed by atoms with Crippen LogP contribution in [0, 0.1) is 0 Å². The quantitative estimate of drug-likeness (QED) is 0.943. The largest absolute Gasteiger partial charge is 0.301 e. The van der Waals surface area contributed by atoms with Crippen molar-refractivity contribution in [3.63, 3.8) is 0 Å². The lowest BCUT2D eigenvalue weighted by molar-refractivity contribution is -0.121. The van der Waals surface area contributed by atoms with E-state index in [1.54, 1.807) is 6.20 Å². The molecular weight excluding hydrogens is 270 g/mol. The summed E-state index contributed by atoms with van der Waals surface area (Å²) in [4.78, 5) is 18.5. The molecule has 1 aliphatic rings. The fourth-order valence-corrected chi connectivity index (χ4v) is 3.04. The smallest absolute Gasteiger partial charge is 0.243 e. The Kier molecular flexibility index (Phi) is 3.80. The summed E-state index contributed by atoms with van der Waals surface area (Å²) in [6.07, 6.45) is 2.70. The molecule has 0 saturated carbocycles. The van der Waals surface area contributed by atoms with E-state index in [-0.39, 0.29) is 11.9 Å². The first kappa shape index (κ1) is 13.3. The predicted octanol–water partition coefficient (Wildman–Crippen LogP) is 2.53. The molecule has 0 bridgehead atoms. The summed E-state index contributed by atoms with van der Waals surface area (Å²) in [6, 6.07) is 8.31. The molecule has 1 amide bonds. The van der Waals surface area contributed by atoms with E-state index in [2.05, 4.69) is 39.5 Å². The molecule has 104 valence electrons. The van der Waals surface area contributed by atoms with Gasteiger partial charge in [-0.15, -0.1) is 11.3 Å². The van der Waals surface area contributed by atoms with Crippen molar-refractivity contribution in [1.29, 1.82) is 0 Å². The van der Waals surface area contributed by atoms with Crippen molar-refractivity contribution in [3.8, 4) is 0 Å². The zero-order valence-corrected chi connectivity index (χ0v) is 12.2. The summed E-state index contributed by atoms with van der Waals surface area (Å²) >= 11 is 1.44. The topological polar surface area (TPSA) is 45.2 Å². The summed E-state index contributed by atoms with van der Waals surface area (Å²) < 4.78 is 0. The average Bonchev–Trinajstić information content (AvgIpc) is 2.99. The molecule has 0 unspecified atom stereocenters. The number of amides is 1. The molecule has 1 aromatic carbocycles. The SMILES string of the molecule is C[C@H](C(=O)Nc1nccs1)N1CCc2ccccc2C1. The van der Waals surface area contributed by atoms with Gasteiger partial charge in [0, 0.05) is 24.7 Å². The molecule has 1 atom stereocenters. The lowest BCUT2D eigenvalue weighted by atomic mass is 9.99. The molecule has 0 spiro atoms. The maximum atomic E-state index is 12.2. The zero-order chi connectivity index (χ0) is 13.9. The van der Waals surface area contributed by atoms with E-state index >= 15 is 0 Å². The number of thiazole rings is 1. The molecule has 0 saturated heterocycles. The van der Waals surface area contributed by atoms with Gasteiger partial charge in [0.1, 0.15) is 0 Å². The molecule has 5 heteroatoms. The summed E-state index contributed by atoms with van der Waals surface area (Å²) in [5, 5.41) is 5.39. The first-order valence-corrected chi connectivity index (χ1v) is 7.63. The van der Waals surface area contributed by atoms with Gasteiger partial charge >= 0.3 is 0 Å². The Morgan fingerprint density at radius 3 is 2.95 bits per heavy atom. The first-order valence-electron chi connectivity index (χ1n) is 6.75. The monoisotopic (exact) mass is 287 g/mol. The molecule has 1 N–H and O–H groups in total. The molecule has 3 rings (SSSR count). The van der Waals surface area contributed by atoms with Gasteiger partial charge in [-0.3, -0.25) is 9.69 Å². The van der Waals surface area contributed by atoms with Crippen LogP contribution in [0.2, 0.25) is 0 Å². The average molecular weight is 287 g/mol. The molecule has 0 aliphatic carbocycles. The Hall–Kier alpha value is -1.72. The molecular formula is C15H17N3OS. The van der Waals surface area contributed by atoms with E-state index in [0.29, 0.717) is 5.13 Å². The van der Waals surface area contributed by atoms with Crippen LogP contribution in [0.3, 0.4) is 0 Å². The normalized spacial score (nSPS) is 16.4. The number of carbonyl (C=O) groups excluding carboxylic acids is 1. The van der Waals surface area contributed by atoms with Crippen molar-refractivity contribution >= 4 is 22.4 Å². The number of nitrogens with zero attached hydrogens (tertiary/aromatic N) is 2. The van der Waals surface area contributed by atoms with Crippen LogP contribution in [0.25, 0.3) is 0 Å². The minimum atomic E-state index is -0.146. The van der Waals surface area contributed by atoms with Gasteiger partial charge in [0.15, 0.2) is 5.13 Å². The Morgan fingerprint density at radius 2 is 2.20 bits per heavy atom. The Labute approximate surface area is 122 Å². The van der Waals surface area contributed by atoms with E-state index in [1.165, 1.54) is 22.5 Å². The second-order valence-electron chi connectivity index (χ2n) is 4.99. The van der Waals surface area contributed by atoms with Crippen LogP contribution in [0.15, 0.2) is 35.8 Å². The van der Waals surface area contributed by atoms with Crippen molar-refractivity contribution < 1.29 is 4.79 Å². The van der Waals surface area contributed by atoms with Crippen LogP contribution in [-0.4, -0.2) is 28.4 Å². The highest BCUT2D eigenvalue weighted by Gasteiger charge is 2.25. The van der Waals surface area contributed by atoms with Crippen molar-refractivity contribution in [1.82, 2.24) is 9.88 Å². The summed E-state index contributed by atoms with van der Waals surface area (Å²) in [7, 11) is 0. The third-order valence-corrected chi connectivity index (χ3v) is 4.44. The highest BCUT2D eigenvalue weighted by Crippen LogP contribution is 2.21. The van der Waals surface area contributed by atoms with E-state index in [0.717, 1.165) is 19.5 Å². The number of carbonyl (C=O) groups is 1.